The van der Waals surface area contributed by atoms with E-state index in [1.54, 1.807) is 29.9 Å². The van der Waals surface area contributed by atoms with Crippen LogP contribution in [0.25, 0.3) is 0 Å². The lowest BCUT2D eigenvalue weighted by Gasteiger charge is -2.21. The fourth-order valence-corrected chi connectivity index (χ4v) is 4.40. The molecular formula is C25H24N4OS. The van der Waals surface area contributed by atoms with Crippen LogP contribution in [-0.2, 0) is 6.42 Å². The van der Waals surface area contributed by atoms with Crippen molar-refractivity contribution >= 4 is 28.1 Å². The molecule has 0 aliphatic rings. The van der Waals surface area contributed by atoms with Crippen LogP contribution in [0.2, 0.25) is 0 Å². The lowest BCUT2D eigenvalue weighted by molar-refractivity contribution is 0.102. The number of anilines is 2. The zero-order chi connectivity index (χ0) is 21.6. The van der Waals surface area contributed by atoms with Crippen LogP contribution in [0, 0.1) is 6.92 Å². The lowest BCUT2D eigenvalue weighted by Crippen LogP contribution is -2.17. The second kappa shape index (κ2) is 9.53. The van der Waals surface area contributed by atoms with Crippen molar-refractivity contribution in [1.82, 2.24) is 9.97 Å². The summed E-state index contributed by atoms with van der Waals surface area (Å²) >= 11 is 1.61. The summed E-state index contributed by atoms with van der Waals surface area (Å²) in [4.78, 5) is 22.7. The number of thiophene rings is 1. The quantitative estimate of drug-likeness (QED) is 0.387. The second-order valence-corrected chi connectivity index (χ2v) is 8.38. The second-order valence-electron chi connectivity index (χ2n) is 7.25. The van der Waals surface area contributed by atoms with Crippen LogP contribution in [0.5, 0.6) is 0 Å². The third-order valence-corrected chi connectivity index (χ3v) is 6.19. The van der Waals surface area contributed by atoms with Crippen molar-refractivity contribution in [1.29, 1.82) is 0 Å². The standard InChI is InChI=1S/C25H24N4OS/c1-3-20-16-21(25(31-20)29-24(30)19-7-5-4-6-8-19)23(18-10-12-26-13-11-18)28-22-15-17(2)9-14-27-22/h4-16,23H,3H2,1-2H3,(H,27,28)(H,29,30)/t23-/m0/s1. The van der Waals surface area contributed by atoms with Crippen LogP contribution in [0.4, 0.5) is 10.8 Å². The van der Waals surface area contributed by atoms with E-state index in [2.05, 4.69) is 33.6 Å². The largest absolute Gasteiger partial charge is 0.359 e. The molecule has 1 aromatic carbocycles. The van der Waals surface area contributed by atoms with Gasteiger partial charge in [-0.25, -0.2) is 4.98 Å². The van der Waals surface area contributed by atoms with Gasteiger partial charge < -0.3 is 10.6 Å². The van der Waals surface area contributed by atoms with Gasteiger partial charge >= 0.3 is 0 Å². The number of carbonyl (C=O) groups excluding carboxylic acids is 1. The molecule has 4 aromatic rings. The number of pyridine rings is 2. The van der Waals surface area contributed by atoms with Gasteiger partial charge in [0.25, 0.3) is 5.91 Å². The third kappa shape index (κ3) is 4.98. The van der Waals surface area contributed by atoms with Crippen LogP contribution in [-0.4, -0.2) is 15.9 Å². The maximum atomic E-state index is 12.9. The van der Waals surface area contributed by atoms with Gasteiger partial charge in [-0.1, -0.05) is 25.1 Å². The fourth-order valence-electron chi connectivity index (χ4n) is 3.37. The molecule has 4 rings (SSSR count). The summed E-state index contributed by atoms with van der Waals surface area (Å²) in [5, 5.41) is 7.53. The Morgan fingerprint density at radius 1 is 1.03 bits per heavy atom. The van der Waals surface area contributed by atoms with Gasteiger partial charge in [-0.3, -0.25) is 9.78 Å². The number of aryl methyl sites for hydroxylation is 2. The first kappa shape index (κ1) is 20.8. The van der Waals surface area contributed by atoms with Crippen molar-refractivity contribution in [3.8, 4) is 0 Å². The number of nitrogens with zero attached hydrogens (tertiary/aromatic N) is 2. The summed E-state index contributed by atoms with van der Waals surface area (Å²) in [7, 11) is 0. The Balaban J connectivity index is 1.73. The maximum Gasteiger partial charge on any atom is 0.256 e. The Bertz CT molecular complexity index is 1160. The minimum Gasteiger partial charge on any atom is -0.359 e. The number of hydrogen-bond acceptors (Lipinski definition) is 5. The molecule has 6 heteroatoms. The van der Waals surface area contributed by atoms with E-state index in [0.717, 1.165) is 33.9 Å². The predicted octanol–water partition coefficient (Wildman–Crippen LogP) is 5.86. The highest BCUT2D eigenvalue weighted by atomic mass is 32.1. The van der Waals surface area contributed by atoms with Crippen LogP contribution in [0.3, 0.4) is 0 Å². The molecule has 2 N–H and O–H groups in total. The molecule has 0 bridgehead atoms. The zero-order valence-electron chi connectivity index (χ0n) is 17.5. The van der Waals surface area contributed by atoms with Crippen molar-refractivity contribution in [2.24, 2.45) is 0 Å². The van der Waals surface area contributed by atoms with Gasteiger partial charge in [0, 0.05) is 34.6 Å². The van der Waals surface area contributed by atoms with E-state index in [-0.39, 0.29) is 11.9 Å². The molecule has 0 aliphatic carbocycles. The molecule has 5 nitrogen and oxygen atoms in total. The van der Waals surface area contributed by atoms with E-state index in [9.17, 15) is 4.79 Å². The summed E-state index contributed by atoms with van der Waals surface area (Å²) in [6.07, 6.45) is 6.25. The van der Waals surface area contributed by atoms with Gasteiger partial charge in [0.15, 0.2) is 0 Å². The van der Waals surface area contributed by atoms with Crippen molar-refractivity contribution in [2.45, 2.75) is 26.3 Å². The molecule has 0 spiro atoms. The number of carbonyl (C=O) groups is 1. The average molecular weight is 429 g/mol. The Kier molecular flexibility index (Phi) is 6.38. The van der Waals surface area contributed by atoms with E-state index in [1.165, 1.54) is 4.88 Å². The molecule has 3 heterocycles. The van der Waals surface area contributed by atoms with Crippen LogP contribution in [0.1, 0.15) is 44.9 Å². The molecule has 31 heavy (non-hydrogen) atoms. The summed E-state index contributed by atoms with van der Waals surface area (Å²) in [5.41, 5.74) is 3.83. The molecule has 0 radical (unpaired) electrons. The number of aromatic nitrogens is 2. The van der Waals surface area contributed by atoms with Gasteiger partial charge in [0.05, 0.1) is 6.04 Å². The molecule has 0 saturated heterocycles. The molecule has 0 aliphatic heterocycles. The zero-order valence-corrected chi connectivity index (χ0v) is 18.3. The lowest BCUT2D eigenvalue weighted by atomic mass is 10.0. The first-order valence-electron chi connectivity index (χ1n) is 10.2. The Morgan fingerprint density at radius 3 is 2.52 bits per heavy atom. The number of amides is 1. The molecule has 156 valence electrons. The van der Waals surface area contributed by atoms with Crippen molar-refractivity contribution in [3.05, 3.63) is 106 Å². The Labute approximate surface area is 186 Å². The van der Waals surface area contributed by atoms with Gasteiger partial charge in [0.1, 0.15) is 10.8 Å². The summed E-state index contributed by atoms with van der Waals surface area (Å²) in [6, 6.07) is 19.2. The molecule has 0 saturated carbocycles. The van der Waals surface area contributed by atoms with Crippen LogP contribution in [0.15, 0.2) is 79.3 Å². The Hall–Kier alpha value is -3.51. The Morgan fingerprint density at radius 2 is 1.81 bits per heavy atom. The third-order valence-electron chi connectivity index (χ3n) is 4.98. The number of nitrogens with one attached hydrogen (secondary N) is 2. The number of rotatable bonds is 7. The molecule has 1 amide bonds. The van der Waals surface area contributed by atoms with Crippen molar-refractivity contribution in [2.75, 3.05) is 10.6 Å². The molecule has 3 aromatic heterocycles. The molecule has 0 fully saturated rings. The highest BCUT2D eigenvalue weighted by molar-refractivity contribution is 7.16. The van der Waals surface area contributed by atoms with E-state index in [4.69, 9.17) is 0 Å². The molecule has 0 unspecified atom stereocenters. The van der Waals surface area contributed by atoms with Crippen LogP contribution < -0.4 is 10.6 Å². The van der Waals surface area contributed by atoms with Gasteiger partial charge in [-0.15, -0.1) is 11.3 Å². The molecule has 1 atom stereocenters. The topological polar surface area (TPSA) is 66.9 Å². The van der Waals surface area contributed by atoms with Gasteiger partial charge in [0.2, 0.25) is 0 Å². The normalized spacial score (nSPS) is 11.7. The molecular weight excluding hydrogens is 404 g/mol. The predicted molar refractivity (Wildman–Crippen MR) is 127 cm³/mol. The number of benzene rings is 1. The van der Waals surface area contributed by atoms with Crippen molar-refractivity contribution < 1.29 is 4.79 Å². The first-order chi connectivity index (χ1) is 15.1. The van der Waals surface area contributed by atoms with Crippen molar-refractivity contribution in [3.63, 3.8) is 0 Å². The summed E-state index contributed by atoms with van der Waals surface area (Å²) in [6.45, 7) is 4.16. The monoisotopic (exact) mass is 428 g/mol. The van der Waals surface area contributed by atoms with E-state index >= 15 is 0 Å². The summed E-state index contributed by atoms with van der Waals surface area (Å²) in [5.74, 6) is 0.667. The van der Waals surface area contributed by atoms with Gasteiger partial charge in [-0.2, -0.15) is 0 Å². The highest BCUT2D eigenvalue weighted by Gasteiger charge is 2.22. The SMILES string of the molecule is CCc1cc([C@@H](Nc2cc(C)ccn2)c2ccncc2)c(NC(=O)c2ccccc2)s1. The van der Waals surface area contributed by atoms with E-state index < -0.39 is 0 Å². The minimum absolute atomic E-state index is 0.117. The average Bonchev–Trinajstić information content (AvgIpc) is 3.21. The smallest absolute Gasteiger partial charge is 0.256 e. The van der Waals surface area contributed by atoms with Crippen LogP contribution >= 0.6 is 11.3 Å². The van der Waals surface area contributed by atoms with Gasteiger partial charge in [-0.05, 0) is 66.9 Å². The maximum absolute atomic E-state index is 12.9. The minimum atomic E-state index is -0.181. The van der Waals surface area contributed by atoms with E-state index in [0.29, 0.717) is 5.56 Å². The van der Waals surface area contributed by atoms with E-state index in [1.807, 2.05) is 61.5 Å². The first-order valence-corrected chi connectivity index (χ1v) is 11.0. The highest BCUT2D eigenvalue weighted by Crippen LogP contribution is 2.38. The number of hydrogen-bond donors (Lipinski definition) is 2. The fraction of sp³-hybridized carbons (Fsp3) is 0.160. The summed E-state index contributed by atoms with van der Waals surface area (Å²) < 4.78 is 0.